The van der Waals surface area contributed by atoms with Gasteiger partial charge in [0, 0.05) is 6.07 Å². The Hall–Kier alpha value is -3.62. The Morgan fingerprint density at radius 2 is 1.72 bits per heavy atom. The van der Waals surface area contributed by atoms with Crippen LogP contribution in [0.1, 0.15) is 18.9 Å². The van der Waals surface area contributed by atoms with Crippen LogP contribution in [0, 0.1) is 17.0 Å². The smallest absolute Gasteiger partial charge is 0.309 e. The number of carbonyl (C=O) groups is 2. The quantitative estimate of drug-likeness (QED) is 0.368. The molecule has 0 radical (unpaired) electrons. The van der Waals surface area contributed by atoms with E-state index in [0.29, 0.717) is 23.6 Å². The van der Waals surface area contributed by atoms with E-state index in [2.05, 4.69) is 5.32 Å². The first-order chi connectivity index (χ1) is 13.9. The first-order valence-electron chi connectivity index (χ1n) is 8.95. The highest BCUT2D eigenvalue weighted by molar-refractivity contribution is 5.94. The van der Waals surface area contributed by atoms with Crippen LogP contribution in [0.3, 0.4) is 0 Å². The summed E-state index contributed by atoms with van der Waals surface area (Å²) in [6.45, 7) is 3.59. The number of nitrogens with zero attached hydrogens (tertiary/aromatic N) is 1. The Morgan fingerprint density at radius 3 is 2.34 bits per heavy atom. The van der Waals surface area contributed by atoms with Gasteiger partial charge in [0.1, 0.15) is 11.5 Å². The number of hydrogen-bond donors (Lipinski definition) is 1. The summed E-state index contributed by atoms with van der Waals surface area (Å²) in [5.41, 5.74) is 0.506. The zero-order valence-corrected chi connectivity index (χ0v) is 16.2. The second-order valence-electron chi connectivity index (χ2n) is 5.92. The number of hydrogen-bond acceptors (Lipinski definition) is 7. The number of rotatable bonds is 10. The molecule has 0 atom stereocenters. The predicted octanol–water partition coefficient (Wildman–Crippen LogP) is 3.25. The summed E-state index contributed by atoms with van der Waals surface area (Å²) in [6.07, 6.45) is -0.0314. The number of amides is 1. The number of carbonyl (C=O) groups excluding carboxylic acids is 2. The standard InChI is InChI=1S/C20H22N2O7/c1-3-27-15-7-9-16(10-8-15)28-12-11-20(24)29-13-19(23)21-17-5-4-6-18(14(17)2)22(25)26/h4-10H,3,11-13H2,1-2H3,(H,21,23). The second-order valence-corrected chi connectivity index (χ2v) is 5.92. The van der Waals surface area contributed by atoms with Crippen molar-refractivity contribution in [3.8, 4) is 11.5 Å². The molecule has 0 aromatic heterocycles. The minimum atomic E-state index is -0.596. The fourth-order valence-corrected chi connectivity index (χ4v) is 2.41. The molecule has 0 saturated carbocycles. The van der Waals surface area contributed by atoms with Gasteiger partial charge in [0.2, 0.25) is 0 Å². The molecular weight excluding hydrogens is 380 g/mol. The molecule has 0 fully saturated rings. The van der Waals surface area contributed by atoms with Gasteiger partial charge in [0.05, 0.1) is 35.8 Å². The molecular formula is C20H22N2O7. The molecule has 9 heteroatoms. The normalized spacial score (nSPS) is 10.1. The number of nitrogens with one attached hydrogen (secondary N) is 1. The van der Waals surface area contributed by atoms with Crippen LogP contribution in [-0.4, -0.2) is 36.6 Å². The lowest BCUT2D eigenvalue weighted by molar-refractivity contribution is -0.385. The van der Waals surface area contributed by atoms with Gasteiger partial charge in [-0.3, -0.25) is 19.7 Å². The summed E-state index contributed by atoms with van der Waals surface area (Å²) in [5.74, 6) is 0.126. The van der Waals surface area contributed by atoms with Crippen LogP contribution in [0.5, 0.6) is 11.5 Å². The van der Waals surface area contributed by atoms with Gasteiger partial charge >= 0.3 is 5.97 Å². The maximum absolute atomic E-state index is 11.9. The van der Waals surface area contributed by atoms with Gasteiger partial charge in [-0.25, -0.2) is 0 Å². The van der Waals surface area contributed by atoms with Gasteiger partial charge in [-0.05, 0) is 44.2 Å². The Labute approximate surface area is 167 Å². The molecule has 2 rings (SSSR count). The molecule has 2 aromatic carbocycles. The molecule has 0 bridgehead atoms. The summed E-state index contributed by atoms with van der Waals surface area (Å²) in [5, 5.41) is 13.4. The molecule has 0 aliphatic heterocycles. The predicted molar refractivity (Wildman–Crippen MR) is 105 cm³/mol. The van der Waals surface area contributed by atoms with Crippen LogP contribution >= 0.6 is 0 Å². The number of benzene rings is 2. The molecule has 154 valence electrons. The molecule has 0 saturated heterocycles. The average Bonchev–Trinajstić information content (AvgIpc) is 2.69. The van der Waals surface area contributed by atoms with E-state index in [9.17, 15) is 19.7 Å². The van der Waals surface area contributed by atoms with Crippen LogP contribution in [0.15, 0.2) is 42.5 Å². The number of ether oxygens (including phenoxy) is 3. The Balaban J connectivity index is 1.73. The van der Waals surface area contributed by atoms with Crippen LogP contribution in [0.2, 0.25) is 0 Å². The van der Waals surface area contributed by atoms with E-state index >= 15 is 0 Å². The third-order valence-electron chi connectivity index (χ3n) is 3.85. The monoisotopic (exact) mass is 402 g/mol. The molecule has 1 N–H and O–H groups in total. The average molecular weight is 402 g/mol. The molecule has 1 amide bonds. The zero-order chi connectivity index (χ0) is 21.2. The first-order valence-corrected chi connectivity index (χ1v) is 8.95. The van der Waals surface area contributed by atoms with Crippen molar-refractivity contribution in [2.75, 3.05) is 25.1 Å². The second kappa shape index (κ2) is 10.6. The minimum Gasteiger partial charge on any atom is -0.494 e. The molecule has 0 spiro atoms. The van der Waals surface area contributed by atoms with Gasteiger partial charge in [-0.2, -0.15) is 0 Å². The fourth-order valence-electron chi connectivity index (χ4n) is 2.41. The van der Waals surface area contributed by atoms with Gasteiger partial charge in [0.25, 0.3) is 11.6 Å². The van der Waals surface area contributed by atoms with Crippen molar-refractivity contribution in [1.29, 1.82) is 0 Å². The van der Waals surface area contributed by atoms with E-state index in [-0.39, 0.29) is 18.7 Å². The summed E-state index contributed by atoms with van der Waals surface area (Å²) < 4.78 is 15.7. The summed E-state index contributed by atoms with van der Waals surface area (Å²) in [4.78, 5) is 34.1. The minimum absolute atomic E-state index is 0.0314. The third kappa shape index (κ3) is 6.80. The first kappa shape index (κ1) is 21.7. The molecule has 9 nitrogen and oxygen atoms in total. The highest BCUT2D eigenvalue weighted by atomic mass is 16.6. The number of esters is 1. The fraction of sp³-hybridized carbons (Fsp3) is 0.300. The maximum atomic E-state index is 11.9. The van der Waals surface area contributed by atoms with E-state index in [0.717, 1.165) is 5.75 Å². The van der Waals surface area contributed by atoms with Crippen molar-refractivity contribution in [2.24, 2.45) is 0 Å². The van der Waals surface area contributed by atoms with Crippen molar-refractivity contribution < 1.29 is 28.7 Å². The van der Waals surface area contributed by atoms with E-state index in [1.54, 1.807) is 24.3 Å². The maximum Gasteiger partial charge on any atom is 0.309 e. The van der Waals surface area contributed by atoms with Gasteiger partial charge in [-0.1, -0.05) is 6.07 Å². The molecule has 0 heterocycles. The molecule has 0 unspecified atom stereocenters. The van der Waals surface area contributed by atoms with E-state index in [4.69, 9.17) is 14.2 Å². The van der Waals surface area contributed by atoms with Crippen molar-refractivity contribution in [1.82, 2.24) is 0 Å². The van der Waals surface area contributed by atoms with Crippen LogP contribution in [0.4, 0.5) is 11.4 Å². The summed E-state index contributed by atoms with van der Waals surface area (Å²) in [6, 6.07) is 11.3. The van der Waals surface area contributed by atoms with Crippen molar-refractivity contribution in [2.45, 2.75) is 20.3 Å². The molecule has 29 heavy (non-hydrogen) atoms. The topological polar surface area (TPSA) is 117 Å². The van der Waals surface area contributed by atoms with Gasteiger partial charge in [-0.15, -0.1) is 0 Å². The van der Waals surface area contributed by atoms with Gasteiger partial charge in [0.15, 0.2) is 6.61 Å². The lowest BCUT2D eigenvalue weighted by Crippen LogP contribution is -2.22. The molecule has 0 aliphatic carbocycles. The SMILES string of the molecule is CCOc1ccc(OCCC(=O)OCC(=O)Nc2cccc([N+](=O)[O-])c2C)cc1. The summed E-state index contributed by atoms with van der Waals surface area (Å²) in [7, 11) is 0. The summed E-state index contributed by atoms with van der Waals surface area (Å²) >= 11 is 0. The van der Waals surface area contributed by atoms with E-state index < -0.39 is 23.4 Å². The largest absolute Gasteiger partial charge is 0.494 e. The van der Waals surface area contributed by atoms with Crippen molar-refractivity contribution in [3.05, 3.63) is 58.1 Å². The highest BCUT2D eigenvalue weighted by Crippen LogP contribution is 2.24. The Morgan fingerprint density at radius 1 is 1.07 bits per heavy atom. The van der Waals surface area contributed by atoms with E-state index in [1.807, 2.05) is 6.92 Å². The lowest BCUT2D eigenvalue weighted by atomic mass is 10.1. The molecule has 2 aromatic rings. The van der Waals surface area contributed by atoms with Crippen LogP contribution in [-0.2, 0) is 14.3 Å². The van der Waals surface area contributed by atoms with Crippen molar-refractivity contribution >= 4 is 23.3 Å². The Bertz CT molecular complexity index is 866. The number of anilines is 1. The number of nitro benzene ring substituents is 1. The third-order valence-corrected chi connectivity index (χ3v) is 3.85. The molecule has 0 aliphatic rings. The Kier molecular flexibility index (Phi) is 7.96. The number of nitro groups is 1. The van der Waals surface area contributed by atoms with Crippen LogP contribution < -0.4 is 14.8 Å². The van der Waals surface area contributed by atoms with Gasteiger partial charge < -0.3 is 19.5 Å². The lowest BCUT2D eigenvalue weighted by Gasteiger charge is -2.10. The zero-order valence-electron chi connectivity index (χ0n) is 16.2. The van der Waals surface area contributed by atoms with Crippen molar-refractivity contribution in [3.63, 3.8) is 0 Å². The van der Waals surface area contributed by atoms with Crippen LogP contribution in [0.25, 0.3) is 0 Å². The highest BCUT2D eigenvalue weighted by Gasteiger charge is 2.15. The van der Waals surface area contributed by atoms with E-state index in [1.165, 1.54) is 25.1 Å².